The van der Waals surface area contributed by atoms with E-state index in [9.17, 15) is 0 Å². The Morgan fingerprint density at radius 3 is 2.87 bits per heavy atom. The minimum Gasteiger partial charge on any atom is -0.383 e. The summed E-state index contributed by atoms with van der Waals surface area (Å²) in [6.07, 6.45) is 6.38. The Labute approximate surface area is 90.9 Å². The van der Waals surface area contributed by atoms with Gasteiger partial charge in [0.05, 0.1) is 0 Å². The van der Waals surface area contributed by atoms with Gasteiger partial charge in [0.1, 0.15) is 5.82 Å². The Morgan fingerprint density at radius 1 is 1.40 bits per heavy atom. The Morgan fingerprint density at radius 2 is 2.20 bits per heavy atom. The highest BCUT2D eigenvalue weighted by atomic mass is 14.8. The van der Waals surface area contributed by atoms with Crippen molar-refractivity contribution in [3.05, 3.63) is 23.4 Å². The summed E-state index contributed by atoms with van der Waals surface area (Å²) in [6.45, 7) is 2.10. The summed E-state index contributed by atoms with van der Waals surface area (Å²) in [5, 5.41) is 0. The Balaban J connectivity index is 2.28. The monoisotopic (exact) mass is 205 g/mol. The molecule has 1 aliphatic rings. The zero-order valence-corrected chi connectivity index (χ0v) is 9.24. The van der Waals surface area contributed by atoms with Crippen molar-refractivity contribution in [2.24, 2.45) is 5.73 Å². The number of anilines is 1. The first kappa shape index (κ1) is 10.4. The van der Waals surface area contributed by atoms with Crippen LogP contribution in [0.25, 0.3) is 0 Å². The highest BCUT2D eigenvalue weighted by Gasteiger charge is 2.23. The number of aryl methyl sites for hydroxylation is 1. The number of hydrogen-bond donors (Lipinski definition) is 2. The molecular weight excluding hydrogens is 186 g/mol. The number of nitrogens with zero attached hydrogens (tertiary/aromatic N) is 1. The number of nitrogens with two attached hydrogens (primary N) is 2. The fourth-order valence-electron chi connectivity index (χ4n) is 2.61. The second kappa shape index (κ2) is 4.19. The highest BCUT2D eigenvalue weighted by molar-refractivity contribution is 5.46. The Bertz CT molecular complexity index is 328. The molecule has 15 heavy (non-hydrogen) atoms. The quantitative estimate of drug-likeness (QED) is 0.736. The highest BCUT2D eigenvalue weighted by Crippen LogP contribution is 2.35. The molecule has 1 aliphatic carbocycles. The zero-order chi connectivity index (χ0) is 10.8. The minimum absolute atomic E-state index is 0.336. The van der Waals surface area contributed by atoms with Crippen molar-refractivity contribution in [3.63, 3.8) is 0 Å². The van der Waals surface area contributed by atoms with Crippen LogP contribution in [0.2, 0.25) is 0 Å². The van der Waals surface area contributed by atoms with E-state index in [0.29, 0.717) is 17.8 Å². The fraction of sp³-hybridized carbons (Fsp3) is 0.583. The Kier molecular flexibility index (Phi) is 2.91. The number of nitrogen functional groups attached to an aromatic ring is 1. The maximum Gasteiger partial charge on any atom is 0.127 e. The van der Waals surface area contributed by atoms with Crippen molar-refractivity contribution in [2.45, 2.75) is 44.6 Å². The van der Waals surface area contributed by atoms with Crippen LogP contribution >= 0.6 is 0 Å². The summed E-state index contributed by atoms with van der Waals surface area (Å²) in [7, 11) is 0. The average Bonchev–Trinajstić information content (AvgIpc) is 2.17. The predicted molar refractivity (Wildman–Crippen MR) is 62.6 cm³/mol. The van der Waals surface area contributed by atoms with E-state index in [1.54, 1.807) is 6.20 Å². The van der Waals surface area contributed by atoms with Gasteiger partial charge in [-0.1, -0.05) is 6.42 Å². The van der Waals surface area contributed by atoms with E-state index in [4.69, 9.17) is 11.5 Å². The third-order valence-electron chi connectivity index (χ3n) is 3.36. The second-order valence-corrected chi connectivity index (χ2v) is 4.55. The molecule has 1 aromatic rings. The smallest absolute Gasteiger partial charge is 0.127 e. The molecule has 4 N–H and O–H groups in total. The third-order valence-corrected chi connectivity index (χ3v) is 3.36. The van der Waals surface area contributed by atoms with Gasteiger partial charge in [-0.05, 0) is 43.7 Å². The van der Waals surface area contributed by atoms with Crippen LogP contribution in [0.5, 0.6) is 0 Å². The molecular formula is C12H19N3. The van der Waals surface area contributed by atoms with Crippen molar-refractivity contribution in [2.75, 3.05) is 5.73 Å². The van der Waals surface area contributed by atoms with Crippen LogP contribution in [0.15, 0.2) is 12.3 Å². The van der Waals surface area contributed by atoms with Crippen LogP contribution in [-0.4, -0.2) is 11.0 Å². The predicted octanol–water partition coefficient (Wildman–Crippen LogP) is 1.96. The van der Waals surface area contributed by atoms with Crippen molar-refractivity contribution < 1.29 is 0 Å². The van der Waals surface area contributed by atoms with Gasteiger partial charge in [-0.3, -0.25) is 0 Å². The molecule has 0 bridgehead atoms. The van der Waals surface area contributed by atoms with Crippen molar-refractivity contribution in [1.82, 2.24) is 4.98 Å². The molecule has 0 amide bonds. The SMILES string of the molecule is Cc1ccnc(N)c1C1CCCC(N)C1. The van der Waals surface area contributed by atoms with Gasteiger partial charge >= 0.3 is 0 Å². The van der Waals surface area contributed by atoms with Crippen LogP contribution in [0, 0.1) is 6.92 Å². The van der Waals surface area contributed by atoms with Crippen molar-refractivity contribution >= 4 is 5.82 Å². The molecule has 1 saturated carbocycles. The lowest BCUT2D eigenvalue weighted by atomic mass is 9.80. The van der Waals surface area contributed by atoms with E-state index < -0.39 is 0 Å². The molecule has 0 saturated heterocycles. The first-order chi connectivity index (χ1) is 7.18. The standard InChI is InChI=1S/C12H19N3/c1-8-5-6-15-12(14)11(8)9-3-2-4-10(13)7-9/h5-6,9-10H,2-4,7,13H2,1H3,(H2,14,15). The topological polar surface area (TPSA) is 64.9 Å². The van der Waals surface area contributed by atoms with Crippen LogP contribution < -0.4 is 11.5 Å². The molecule has 0 spiro atoms. The van der Waals surface area contributed by atoms with E-state index in [0.717, 1.165) is 12.8 Å². The van der Waals surface area contributed by atoms with Crippen LogP contribution in [0.4, 0.5) is 5.82 Å². The molecule has 2 unspecified atom stereocenters. The molecule has 1 heterocycles. The van der Waals surface area contributed by atoms with Gasteiger partial charge in [0, 0.05) is 17.8 Å². The molecule has 0 aromatic carbocycles. The molecule has 1 aromatic heterocycles. The lowest BCUT2D eigenvalue weighted by molar-refractivity contribution is 0.392. The molecule has 1 fully saturated rings. The van der Waals surface area contributed by atoms with Gasteiger partial charge in [-0.2, -0.15) is 0 Å². The third kappa shape index (κ3) is 2.12. The summed E-state index contributed by atoms with van der Waals surface area (Å²) in [5.74, 6) is 1.21. The van der Waals surface area contributed by atoms with Crippen molar-refractivity contribution in [3.8, 4) is 0 Å². The van der Waals surface area contributed by atoms with Gasteiger partial charge in [0.15, 0.2) is 0 Å². The van der Waals surface area contributed by atoms with Gasteiger partial charge in [-0.25, -0.2) is 4.98 Å². The van der Waals surface area contributed by atoms with Crippen LogP contribution in [0.1, 0.15) is 42.7 Å². The lowest BCUT2D eigenvalue weighted by Gasteiger charge is -2.28. The maximum absolute atomic E-state index is 6.00. The summed E-state index contributed by atoms with van der Waals surface area (Å²) < 4.78 is 0. The molecule has 0 aliphatic heterocycles. The van der Waals surface area contributed by atoms with E-state index >= 15 is 0 Å². The van der Waals surface area contributed by atoms with Crippen LogP contribution in [0.3, 0.4) is 0 Å². The molecule has 0 radical (unpaired) electrons. The number of pyridine rings is 1. The van der Waals surface area contributed by atoms with E-state index in [2.05, 4.69) is 11.9 Å². The Hall–Kier alpha value is -1.09. The van der Waals surface area contributed by atoms with E-state index in [1.165, 1.54) is 24.0 Å². The van der Waals surface area contributed by atoms with Gasteiger partial charge in [0.2, 0.25) is 0 Å². The van der Waals surface area contributed by atoms with Gasteiger partial charge in [0.25, 0.3) is 0 Å². The molecule has 3 heteroatoms. The zero-order valence-electron chi connectivity index (χ0n) is 9.24. The van der Waals surface area contributed by atoms with E-state index in [-0.39, 0.29) is 0 Å². The maximum atomic E-state index is 6.00. The largest absolute Gasteiger partial charge is 0.383 e. The first-order valence-electron chi connectivity index (χ1n) is 5.65. The summed E-state index contributed by atoms with van der Waals surface area (Å²) >= 11 is 0. The molecule has 82 valence electrons. The first-order valence-corrected chi connectivity index (χ1v) is 5.65. The number of aromatic nitrogens is 1. The van der Waals surface area contributed by atoms with Crippen LogP contribution in [-0.2, 0) is 0 Å². The minimum atomic E-state index is 0.336. The fourth-order valence-corrected chi connectivity index (χ4v) is 2.61. The lowest BCUT2D eigenvalue weighted by Crippen LogP contribution is -2.27. The molecule has 2 atom stereocenters. The second-order valence-electron chi connectivity index (χ2n) is 4.55. The van der Waals surface area contributed by atoms with E-state index in [1.807, 2.05) is 6.07 Å². The average molecular weight is 205 g/mol. The summed E-state index contributed by atoms with van der Waals surface area (Å²) in [6, 6.07) is 2.37. The molecule has 2 rings (SSSR count). The normalized spacial score (nSPS) is 26.5. The molecule has 3 nitrogen and oxygen atoms in total. The van der Waals surface area contributed by atoms with Gasteiger partial charge < -0.3 is 11.5 Å². The summed E-state index contributed by atoms with van der Waals surface area (Å²) in [5.41, 5.74) is 14.4. The van der Waals surface area contributed by atoms with Gasteiger partial charge in [-0.15, -0.1) is 0 Å². The summed E-state index contributed by atoms with van der Waals surface area (Å²) in [4.78, 5) is 4.18. The van der Waals surface area contributed by atoms with Crippen molar-refractivity contribution in [1.29, 1.82) is 0 Å². The number of rotatable bonds is 1. The number of hydrogen-bond acceptors (Lipinski definition) is 3.